The molecule has 36 heavy (non-hydrogen) atoms. The van der Waals surface area contributed by atoms with Crippen molar-refractivity contribution in [1.82, 2.24) is 29.9 Å². The number of hydrogen-bond acceptors (Lipinski definition) is 6. The van der Waals surface area contributed by atoms with Gasteiger partial charge in [0.2, 0.25) is 0 Å². The fraction of sp³-hybridized carbons (Fsp3) is 0. The summed E-state index contributed by atoms with van der Waals surface area (Å²) in [6.07, 6.45) is 8.93. The van der Waals surface area contributed by atoms with Crippen LogP contribution in [-0.2, 0) is 0 Å². The molecule has 0 saturated heterocycles. The van der Waals surface area contributed by atoms with Crippen molar-refractivity contribution in [3.8, 4) is 56.5 Å². The highest BCUT2D eigenvalue weighted by Crippen LogP contribution is 2.30. The van der Waals surface area contributed by atoms with Crippen LogP contribution in [0.4, 0.5) is 0 Å². The molecular formula is C30H20N6. The van der Waals surface area contributed by atoms with Gasteiger partial charge in [-0.1, -0.05) is 18.2 Å². The highest BCUT2D eigenvalue weighted by Gasteiger charge is 2.13. The lowest BCUT2D eigenvalue weighted by Gasteiger charge is -2.10. The van der Waals surface area contributed by atoms with E-state index in [0.29, 0.717) is 0 Å². The predicted octanol–water partition coefficient (Wildman–Crippen LogP) is 6.39. The van der Waals surface area contributed by atoms with E-state index in [2.05, 4.69) is 24.9 Å². The Morgan fingerprint density at radius 3 is 1.11 bits per heavy atom. The summed E-state index contributed by atoms with van der Waals surface area (Å²) >= 11 is 0. The standard InChI is InChI=1S/C30H20N6/c1-4-12-31-24(7-1)21-10-15-34-27(17-21)29-19-23(26-9-3-6-14-33-26)20-30(36-29)28-18-22(11-16-35-28)25-8-2-5-13-32-25/h1-20H. The van der Waals surface area contributed by atoms with Gasteiger partial charge >= 0.3 is 0 Å². The average molecular weight is 465 g/mol. The first-order valence-corrected chi connectivity index (χ1v) is 11.5. The van der Waals surface area contributed by atoms with Crippen molar-refractivity contribution in [1.29, 1.82) is 0 Å². The van der Waals surface area contributed by atoms with Crippen LogP contribution in [0.15, 0.2) is 122 Å². The summed E-state index contributed by atoms with van der Waals surface area (Å²) in [6, 6.07) is 29.5. The van der Waals surface area contributed by atoms with Gasteiger partial charge in [0.15, 0.2) is 0 Å². The van der Waals surface area contributed by atoms with E-state index in [-0.39, 0.29) is 0 Å². The lowest BCUT2D eigenvalue weighted by molar-refractivity contribution is 1.21. The van der Waals surface area contributed by atoms with Gasteiger partial charge in [-0.05, 0) is 72.8 Å². The average Bonchev–Trinajstić information content (AvgIpc) is 2.98. The maximum atomic E-state index is 4.98. The molecule has 6 aromatic rings. The summed E-state index contributed by atoms with van der Waals surface area (Å²) in [5, 5.41) is 0. The maximum Gasteiger partial charge on any atom is 0.0901 e. The normalized spacial score (nSPS) is 10.8. The van der Waals surface area contributed by atoms with Gasteiger partial charge in [-0.2, -0.15) is 0 Å². The fourth-order valence-electron chi connectivity index (χ4n) is 4.00. The predicted molar refractivity (Wildman–Crippen MR) is 140 cm³/mol. The summed E-state index contributed by atoms with van der Waals surface area (Å²) in [4.78, 5) is 27.8. The minimum atomic E-state index is 0.732. The van der Waals surface area contributed by atoms with Crippen molar-refractivity contribution in [2.75, 3.05) is 0 Å². The molecule has 0 bridgehead atoms. The van der Waals surface area contributed by atoms with Gasteiger partial charge < -0.3 is 0 Å². The molecule has 6 heteroatoms. The molecule has 6 heterocycles. The third kappa shape index (κ3) is 4.48. The molecule has 0 N–H and O–H groups in total. The van der Waals surface area contributed by atoms with Crippen LogP contribution in [0.3, 0.4) is 0 Å². The zero-order valence-electron chi connectivity index (χ0n) is 19.2. The summed E-state index contributed by atoms with van der Waals surface area (Å²) in [5.41, 5.74) is 8.46. The maximum absolute atomic E-state index is 4.98. The lowest BCUT2D eigenvalue weighted by Crippen LogP contribution is -1.96. The quantitative estimate of drug-likeness (QED) is 0.294. The minimum Gasteiger partial charge on any atom is -0.256 e. The van der Waals surface area contributed by atoms with Crippen LogP contribution >= 0.6 is 0 Å². The molecule has 6 aromatic heterocycles. The Bertz CT molecular complexity index is 1520. The third-order valence-electron chi connectivity index (χ3n) is 5.75. The first kappa shape index (κ1) is 21.4. The Labute approximate surface area is 208 Å². The zero-order valence-corrected chi connectivity index (χ0v) is 19.2. The number of aromatic nitrogens is 6. The molecule has 0 spiro atoms. The van der Waals surface area contributed by atoms with Gasteiger partial charge in [0.25, 0.3) is 0 Å². The van der Waals surface area contributed by atoms with E-state index in [1.165, 1.54) is 0 Å². The molecule has 0 fully saturated rings. The number of hydrogen-bond donors (Lipinski definition) is 0. The molecule has 0 saturated carbocycles. The van der Waals surface area contributed by atoms with Gasteiger partial charge in [-0.25, -0.2) is 4.98 Å². The van der Waals surface area contributed by atoms with Gasteiger partial charge in [-0.15, -0.1) is 0 Å². The molecule has 0 unspecified atom stereocenters. The van der Waals surface area contributed by atoms with Crippen molar-refractivity contribution >= 4 is 0 Å². The van der Waals surface area contributed by atoms with Gasteiger partial charge in [-0.3, -0.25) is 24.9 Å². The Balaban J connectivity index is 1.50. The van der Waals surface area contributed by atoms with E-state index in [0.717, 1.165) is 56.5 Å². The second kappa shape index (κ2) is 9.64. The van der Waals surface area contributed by atoms with Crippen LogP contribution in [0, 0.1) is 0 Å². The zero-order chi connectivity index (χ0) is 24.2. The molecule has 170 valence electrons. The second-order valence-corrected chi connectivity index (χ2v) is 8.13. The van der Waals surface area contributed by atoms with Crippen molar-refractivity contribution in [2.24, 2.45) is 0 Å². The smallest absolute Gasteiger partial charge is 0.0901 e. The summed E-state index contributed by atoms with van der Waals surface area (Å²) in [6.45, 7) is 0. The number of pyridine rings is 6. The molecule has 0 amide bonds. The molecule has 0 aliphatic carbocycles. The molecule has 6 nitrogen and oxygen atoms in total. The third-order valence-corrected chi connectivity index (χ3v) is 5.75. The molecular weight excluding hydrogens is 444 g/mol. The van der Waals surface area contributed by atoms with E-state index >= 15 is 0 Å². The van der Waals surface area contributed by atoms with Crippen molar-refractivity contribution < 1.29 is 0 Å². The Morgan fingerprint density at radius 2 is 0.694 bits per heavy atom. The van der Waals surface area contributed by atoms with Crippen molar-refractivity contribution in [2.45, 2.75) is 0 Å². The molecule has 0 aromatic carbocycles. The molecule has 6 rings (SSSR count). The fourth-order valence-corrected chi connectivity index (χ4v) is 4.00. The van der Waals surface area contributed by atoms with Gasteiger partial charge in [0, 0.05) is 47.7 Å². The first-order valence-electron chi connectivity index (χ1n) is 11.5. The van der Waals surface area contributed by atoms with Crippen molar-refractivity contribution in [3.05, 3.63) is 122 Å². The van der Waals surface area contributed by atoms with Crippen LogP contribution in [0.2, 0.25) is 0 Å². The van der Waals surface area contributed by atoms with Crippen LogP contribution in [0.25, 0.3) is 56.5 Å². The van der Waals surface area contributed by atoms with Crippen LogP contribution in [0.1, 0.15) is 0 Å². The van der Waals surface area contributed by atoms with Crippen LogP contribution < -0.4 is 0 Å². The SMILES string of the molecule is c1ccc(-c2ccnc(-c3cc(-c4ccccn4)cc(-c4cc(-c5ccccn5)ccn4)n3)c2)nc1. The monoisotopic (exact) mass is 464 g/mol. The largest absolute Gasteiger partial charge is 0.256 e. The van der Waals surface area contributed by atoms with E-state index in [1.54, 1.807) is 31.0 Å². The summed E-state index contributed by atoms with van der Waals surface area (Å²) < 4.78 is 0. The first-order chi connectivity index (χ1) is 17.8. The molecule has 0 radical (unpaired) electrons. The summed E-state index contributed by atoms with van der Waals surface area (Å²) in [5.74, 6) is 0. The van der Waals surface area contributed by atoms with Crippen LogP contribution in [-0.4, -0.2) is 29.9 Å². The highest BCUT2D eigenvalue weighted by molar-refractivity contribution is 5.76. The highest BCUT2D eigenvalue weighted by atomic mass is 14.8. The molecule has 0 atom stereocenters. The van der Waals surface area contributed by atoms with Crippen LogP contribution in [0.5, 0.6) is 0 Å². The molecule has 0 aliphatic heterocycles. The van der Waals surface area contributed by atoms with E-state index < -0.39 is 0 Å². The van der Waals surface area contributed by atoms with E-state index in [9.17, 15) is 0 Å². The van der Waals surface area contributed by atoms with E-state index in [4.69, 9.17) is 4.98 Å². The number of nitrogens with zero attached hydrogens (tertiary/aromatic N) is 6. The number of rotatable bonds is 5. The Kier molecular flexibility index (Phi) is 5.74. The second-order valence-electron chi connectivity index (χ2n) is 8.13. The van der Waals surface area contributed by atoms with Crippen molar-refractivity contribution in [3.63, 3.8) is 0 Å². The topological polar surface area (TPSA) is 77.3 Å². The van der Waals surface area contributed by atoms with E-state index in [1.807, 2.05) is 91.0 Å². The Morgan fingerprint density at radius 1 is 0.306 bits per heavy atom. The minimum absolute atomic E-state index is 0.732. The Hall–Kier alpha value is -5.10. The summed E-state index contributed by atoms with van der Waals surface area (Å²) in [7, 11) is 0. The van der Waals surface area contributed by atoms with Gasteiger partial charge in [0.1, 0.15) is 0 Å². The molecule has 0 aliphatic rings. The lowest BCUT2D eigenvalue weighted by atomic mass is 10.0. The van der Waals surface area contributed by atoms with Gasteiger partial charge in [0.05, 0.1) is 39.9 Å².